The van der Waals surface area contributed by atoms with Crippen LogP contribution in [-0.2, 0) is 25.5 Å². The zero-order valence-corrected chi connectivity index (χ0v) is 17.8. The Morgan fingerprint density at radius 1 is 0.933 bits per heavy atom. The van der Waals surface area contributed by atoms with Crippen molar-refractivity contribution in [2.45, 2.75) is 40.0 Å². The van der Waals surface area contributed by atoms with Gasteiger partial charge < -0.3 is 14.8 Å². The van der Waals surface area contributed by atoms with Crippen LogP contribution in [0.4, 0.5) is 4.79 Å². The molecule has 2 rings (SSSR count). The summed E-state index contributed by atoms with van der Waals surface area (Å²) in [7, 11) is 0. The molecule has 0 saturated carbocycles. The van der Waals surface area contributed by atoms with Crippen LogP contribution >= 0.6 is 0 Å². The normalized spacial score (nSPS) is 12.5. The third kappa shape index (κ3) is 6.72. The molecule has 160 valence electrons. The third-order valence-electron chi connectivity index (χ3n) is 4.86. The Morgan fingerprint density at radius 2 is 1.57 bits per heavy atom. The van der Waals surface area contributed by atoms with Crippen molar-refractivity contribution in [2.24, 2.45) is 5.41 Å². The van der Waals surface area contributed by atoms with E-state index in [0.717, 1.165) is 16.7 Å². The van der Waals surface area contributed by atoms with Crippen molar-refractivity contribution in [3.05, 3.63) is 60.2 Å². The number of carbonyl (C=O) groups excluding carboxylic acids is 3. The second-order valence-electron chi connectivity index (χ2n) is 7.31. The summed E-state index contributed by atoms with van der Waals surface area (Å²) in [4.78, 5) is 35.5. The summed E-state index contributed by atoms with van der Waals surface area (Å²) >= 11 is 0. The SMILES string of the molecule is CCOC(=O)C(C)(CCNC(=O)OC(=O)CC)Cc1ccc(-c2ccccc2)cc1. The quantitative estimate of drug-likeness (QED) is 0.485. The molecular formula is C24H29NO5. The molecule has 1 N–H and O–H groups in total. The molecule has 2 aromatic rings. The molecule has 0 heterocycles. The fraction of sp³-hybridized carbons (Fsp3) is 0.375. The maximum Gasteiger partial charge on any atom is 0.414 e. The van der Waals surface area contributed by atoms with Crippen molar-refractivity contribution < 1.29 is 23.9 Å². The number of alkyl carbamates (subject to hydrolysis) is 1. The van der Waals surface area contributed by atoms with Crippen molar-refractivity contribution in [3.63, 3.8) is 0 Å². The Kier molecular flexibility index (Phi) is 8.59. The highest BCUT2D eigenvalue weighted by atomic mass is 16.6. The highest BCUT2D eigenvalue weighted by Gasteiger charge is 2.35. The second kappa shape index (κ2) is 11.1. The van der Waals surface area contributed by atoms with Gasteiger partial charge in [-0.1, -0.05) is 61.5 Å². The van der Waals surface area contributed by atoms with Gasteiger partial charge >= 0.3 is 18.0 Å². The van der Waals surface area contributed by atoms with E-state index in [1.165, 1.54) is 0 Å². The fourth-order valence-corrected chi connectivity index (χ4v) is 3.12. The van der Waals surface area contributed by atoms with E-state index in [9.17, 15) is 14.4 Å². The Bertz CT molecular complexity index is 848. The lowest BCUT2D eigenvalue weighted by atomic mass is 9.80. The molecule has 6 nitrogen and oxygen atoms in total. The molecule has 1 unspecified atom stereocenters. The average Bonchev–Trinajstić information content (AvgIpc) is 2.75. The number of hydrogen-bond donors (Lipinski definition) is 1. The van der Waals surface area contributed by atoms with Crippen LogP contribution in [0.5, 0.6) is 0 Å². The van der Waals surface area contributed by atoms with Crippen LogP contribution in [0.2, 0.25) is 0 Å². The number of benzene rings is 2. The smallest absolute Gasteiger partial charge is 0.414 e. The van der Waals surface area contributed by atoms with E-state index in [4.69, 9.17) is 4.74 Å². The second-order valence-corrected chi connectivity index (χ2v) is 7.31. The topological polar surface area (TPSA) is 81.7 Å². The maximum absolute atomic E-state index is 12.6. The fourth-order valence-electron chi connectivity index (χ4n) is 3.12. The molecule has 0 aliphatic heterocycles. The number of nitrogens with one attached hydrogen (secondary N) is 1. The molecule has 0 aliphatic carbocycles. The lowest BCUT2D eigenvalue weighted by Gasteiger charge is -2.27. The number of amides is 1. The van der Waals surface area contributed by atoms with Gasteiger partial charge in [0.25, 0.3) is 0 Å². The van der Waals surface area contributed by atoms with Gasteiger partial charge in [0, 0.05) is 13.0 Å². The van der Waals surface area contributed by atoms with Crippen LogP contribution in [0.1, 0.15) is 39.2 Å². The molecule has 2 aromatic carbocycles. The average molecular weight is 411 g/mol. The Labute approximate surface area is 177 Å². The van der Waals surface area contributed by atoms with Crippen LogP contribution in [0.15, 0.2) is 54.6 Å². The summed E-state index contributed by atoms with van der Waals surface area (Å²) in [5, 5.41) is 2.53. The van der Waals surface area contributed by atoms with Crippen LogP contribution < -0.4 is 5.32 Å². The Balaban J connectivity index is 2.05. The first-order chi connectivity index (χ1) is 14.4. The van der Waals surface area contributed by atoms with Gasteiger partial charge in [-0.2, -0.15) is 0 Å². The molecule has 0 aliphatic rings. The van der Waals surface area contributed by atoms with E-state index < -0.39 is 17.5 Å². The third-order valence-corrected chi connectivity index (χ3v) is 4.86. The molecular weight excluding hydrogens is 382 g/mol. The molecule has 1 amide bonds. The lowest BCUT2D eigenvalue weighted by Crippen LogP contribution is -2.37. The predicted molar refractivity (Wildman–Crippen MR) is 115 cm³/mol. The largest absolute Gasteiger partial charge is 0.466 e. The molecule has 0 radical (unpaired) electrons. The molecule has 0 aromatic heterocycles. The number of rotatable bonds is 9. The minimum Gasteiger partial charge on any atom is -0.466 e. The van der Waals surface area contributed by atoms with Crippen molar-refractivity contribution in [2.75, 3.05) is 13.2 Å². The van der Waals surface area contributed by atoms with Gasteiger partial charge in [-0.05, 0) is 43.4 Å². The highest BCUT2D eigenvalue weighted by molar-refractivity contribution is 5.84. The molecule has 1 atom stereocenters. The van der Waals surface area contributed by atoms with E-state index in [0.29, 0.717) is 12.8 Å². The first-order valence-electron chi connectivity index (χ1n) is 10.2. The van der Waals surface area contributed by atoms with E-state index in [1.54, 1.807) is 13.8 Å². The van der Waals surface area contributed by atoms with Crippen LogP contribution in [0.25, 0.3) is 11.1 Å². The molecule has 0 saturated heterocycles. The Morgan fingerprint density at radius 3 is 2.17 bits per heavy atom. The molecule has 30 heavy (non-hydrogen) atoms. The van der Waals surface area contributed by atoms with Gasteiger partial charge in [0.2, 0.25) is 0 Å². The van der Waals surface area contributed by atoms with Gasteiger partial charge in [-0.3, -0.25) is 9.59 Å². The summed E-state index contributed by atoms with van der Waals surface area (Å²) in [5.41, 5.74) is 2.39. The summed E-state index contributed by atoms with van der Waals surface area (Å²) in [6, 6.07) is 18.1. The van der Waals surface area contributed by atoms with Crippen LogP contribution in [0.3, 0.4) is 0 Å². The van der Waals surface area contributed by atoms with Crippen molar-refractivity contribution in [1.82, 2.24) is 5.32 Å². The van der Waals surface area contributed by atoms with Crippen molar-refractivity contribution in [3.8, 4) is 11.1 Å². The van der Waals surface area contributed by atoms with E-state index in [2.05, 4.69) is 10.1 Å². The number of esters is 2. The molecule has 0 bridgehead atoms. The monoisotopic (exact) mass is 411 g/mol. The summed E-state index contributed by atoms with van der Waals surface area (Å²) < 4.78 is 9.87. The summed E-state index contributed by atoms with van der Waals surface area (Å²) in [6.45, 7) is 5.66. The lowest BCUT2D eigenvalue weighted by molar-refractivity contribution is -0.154. The first kappa shape index (κ1) is 23.1. The van der Waals surface area contributed by atoms with Gasteiger partial charge in [0.15, 0.2) is 0 Å². The zero-order valence-electron chi connectivity index (χ0n) is 17.8. The van der Waals surface area contributed by atoms with Gasteiger partial charge in [0.05, 0.1) is 12.0 Å². The number of hydrogen-bond acceptors (Lipinski definition) is 5. The van der Waals surface area contributed by atoms with E-state index in [1.807, 2.05) is 61.5 Å². The summed E-state index contributed by atoms with van der Waals surface area (Å²) in [5.74, 6) is -0.920. The van der Waals surface area contributed by atoms with Crippen LogP contribution in [-0.4, -0.2) is 31.2 Å². The maximum atomic E-state index is 12.6. The number of ether oxygens (including phenoxy) is 2. The number of carbonyl (C=O) groups is 3. The van der Waals surface area contributed by atoms with Gasteiger partial charge in [-0.25, -0.2) is 4.79 Å². The Hall–Kier alpha value is -3.15. The first-order valence-corrected chi connectivity index (χ1v) is 10.2. The van der Waals surface area contributed by atoms with E-state index >= 15 is 0 Å². The predicted octanol–water partition coefficient (Wildman–Crippen LogP) is 4.52. The van der Waals surface area contributed by atoms with Crippen molar-refractivity contribution >= 4 is 18.0 Å². The molecule has 0 spiro atoms. The van der Waals surface area contributed by atoms with Crippen LogP contribution in [0, 0.1) is 5.41 Å². The van der Waals surface area contributed by atoms with E-state index in [-0.39, 0.29) is 25.5 Å². The zero-order chi connectivity index (χ0) is 22.0. The molecule has 6 heteroatoms. The minimum absolute atomic E-state index is 0.118. The van der Waals surface area contributed by atoms with Gasteiger partial charge in [0.1, 0.15) is 0 Å². The highest BCUT2D eigenvalue weighted by Crippen LogP contribution is 2.29. The van der Waals surface area contributed by atoms with Gasteiger partial charge in [-0.15, -0.1) is 0 Å². The summed E-state index contributed by atoms with van der Waals surface area (Å²) in [6.07, 6.45) is 0.125. The minimum atomic E-state index is -0.827. The molecule has 0 fully saturated rings. The standard InChI is InChI=1S/C24H29NO5/c1-4-21(26)30-23(28)25-16-15-24(3,22(27)29-5-2)17-18-11-13-20(14-12-18)19-9-7-6-8-10-19/h6-14H,4-5,15-17H2,1-3H3,(H,25,28). The van der Waals surface area contributed by atoms with Crippen molar-refractivity contribution in [1.29, 1.82) is 0 Å².